The van der Waals surface area contributed by atoms with Crippen molar-refractivity contribution in [1.29, 1.82) is 0 Å². The Morgan fingerprint density at radius 2 is 1.50 bits per heavy atom. The van der Waals surface area contributed by atoms with Crippen molar-refractivity contribution >= 4 is 11.9 Å². The van der Waals surface area contributed by atoms with E-state index in [2.05, 4.69) is 0 Å². The van der Waals surface area contributed by atoms with Crippen molar-refractivity contribution in [2.24, 2.45) is 0 Å². The van der Waals surface area contributed by atoms with Gasteiger partial charge in [0.05, 0.1) is 0 Å². The van der Waals surface area contributed by atoms with Gasteiger partial charge >= 0.3 is 0 Å². The Labute approximate surface area is 139 Å². The number of phenols is 4. The molecule has 5 heteroatoms. The molecule has 0 aliphatic heterocycles. The van der Waals surface area contributed by atoms with Gasteiger partial charge < -0.3 is 20.4 Å². The minimum Gasteiger partial charge on any atom is -0.504 e. The van der Waals surface area contributed by atoms with Crippen molar-refractivity contribution in [2.45, 2.75) is 12.8 Å². The predicted molar refractivity (Wildman–Crippen MR) is 91.0 cm³/mol. The zero-order chi connectivity index (χ0) is 17.5. The normalized spacial score (nSPS) is 11.3. The van der Waals surface area contributed by atoms with Crippen molar-refractivity contribution in [3.05, 3.63) is 65.8 Å². The molecule has 2 aromatic rings. The standard InChI is InChI=1S/C19H18O5/c20-15(8-5-14-7-10-17(22)19(24)12-14)4-2-1-3-13-6-9-16(21)18(23)11-13/h1-4,6-7,9-12,21-24H,5,8H2/b3-1+,4-2+. The molecule has 124 valence electrons. The van der Waals surface area contributed by atoms with Gasteiger partial charge in [-0.25, -0.2) is 0 Å². The molecular formula is C19H18O5. The van der Waals surface area contributed by atoms with Crippen LogP contribution in [-0.4, -0.2) is 26.2 Å². The molecule has 0 unspecified atom stereocenters. The van der Waals surface area contributed by atoms with Gasteiger partial charge in [0.15, 0.2) is 28.8 Å². The summed E-state index contributed by atoms with van der Waals surface area (Å²) in [5.41, 5.74) is 1.46. The lowest BCUT2D eigenvalue weighted by molar-refractivity contribution is -0.114. The van der Waals surface area contributed by atoms with E-state index in [-0.39, 0.29) is 35.2 Å². The molecule has 0 atom stereocenters. The van der Waals surface area contributed by atoms with Gasteiger partial charge in [0.1, 0.15) is 0 Å². The van der Waals surface area contributed by atoms with Crippen LogP contribution in [0, 0.1) is 0 Å². The highest BCUT2D eigenvalue weighted by Gasteiger charge is 2.03. The fourth-order valence-electron chi connectivity index (χ4n) is 2.05. The zero-order valence-electron chi connectivity index (χ0n) is 12.9. The van der Waals surface area contributed by atoms with Crippen LogP contribution in [0.5, 0.6) is 23.0 Å². The lowest BCUT2D eigenvalue weighted by Crippen LogP contribution is -1.95. The molecule has 0 heterocycles. The number of aryl methyl sites for hydroxylation is 1. The number of ketones is 1. The Morgan fingerprint density at radius 1 is 0.833 bits per heavy atom. The number of carbonyl (C=O) groups excluding carboxylic acids is 1. The number of allylic oxidation sites excluding steroid dienone is 3. The van der Waals surface area contributed by atoms with Crippen LogP contribution in [0.15, 0.2) is 54.6 Å². The van der Waals surface area contributed by atoms with Gasteiger partial charge in [0.25, 0.3) is 0 Å². The minimum absolute atomic E-state index is 0.0687. The summed E-state index contributed by atoms with van der Waals surface area (Å²) >= 11 is 0. The number of hydrogen-bond donors (Lipinski definition) is 4. The van der Waals surface area contributed by atoms with Crippen LogP contribution in [-0.2, 0) is 11.2 Å². The first-order valence-electron chi connectivity index (χ1n) is 7.36. The predicted octanol–water partition coefficient (Wildman–Crippen LogP) is 3.28. The summed E-state index contributed by atoms with van der Waals surface area (Å²) in [6, 6.07) is 8.92. The van der Waals surface area contributed by atoms with Crippen LogP contribution < -0.4 is 0 Å². The monoisotopic (exact) mass is 326 g/mol. The molecule has 0 saturated heterocycles. The van der Waals surface area contributed by atoms with Crippen molar-refractivity contribution in [1.82, 2.24) is 0 Å². The van der Waals surface area contributed by atoms with Crippen LogP contribution in [0.25, 0.3) is 6.08 Å². The first-order chi connectivity index (χ1) is 11.5. The van der Waals surface area contributed by atoms with Gasteiger partial charge in [0.2, 0.25) is 0 Å². The molecule has 0 spiro atoms. The molecular weight excluding hydrogens is 308 g/mol. The van der Waals surface area contributed by atoms with E-state index in [0.29, 0.717) is 12.0 Å². The minimum atomic E-state index is -0.200. The molecule has 0 aromatic heterocycles. The van der Waals surface area contributed by atoms with E-state index in [1.54, 1.807) is 30.4 Å². The second-order valence-corrected chi connectivity index (χ2v) is 5.26. The smallest absolute Gasteiger partial charge is 0.157 e. The number of aromatic hydroxyl groups is 4. The number of hydrogen-bond acceptors (Lipinski definition) is 5. The third kappa shape index (κ3) is 4.91. The first-order valence-corrected chi connectivity index (χ1v) is 7.36. The van der Waals surface area contributed by atoms with E-state index in [4.69, 9.17) is 0 Å². The van der Waals surface area contributed by atoms with Crippen LogP contribution in [0.4, 0.5) is 0 Å². The lowest BCUT2D eigenvalue weighted by atomic mass is 10.1. The molecule has 24 heavy (non-hydrogen) atoms. The van der Waals surface area contributed by atoms with Gasteiger partial charge in [-0.3, -0.25) is 4.79 Å². The van der Waals surface area contributed by atoms with Crippen molar-refractivity contribution in [3.63, 3.8) is 0 Å². The van der Waals surface area contributed by atoms with E-state index < -0.39 is 0 Å². The molecule has 0 aliphatic carbocycles. The lowest BCUT2D eigenvalue weighted by Gasteiger charge is -2.01. The maximum Gasteiger partial charge on any atom is 0.157 e. The topological polar surface area (TPSA) is 98.0 Å². The molecule has 5 nitrogen and oxygen atoms in total. The van der Waals surface area contributed by atoms with E-state index in [1.807, 2.05) is 0 Å². The highest BCUT2D eigenvalue weighted by molar-refractivity contribution is 5.90. The average Bonchev–Trinajstić information content (AvgIpc) is 2.56. The maximum atomic E-state index is 11.8. The van der Waals surface area contributed by atoms with E-state index >= 15 is 0 Å². The molecule has 0 fully saturated rings. The summed E-state index contributed by atoms with van der Waals surface area (Å²) in [6.45, 7) is 0. The van der Waals surface area contributed by atoms with Crippen LogP contribution in [0.3, 0.4) is 0 Å². The fraction of sp³-hybridized carbons (Fsp3) is 0.105. The summed E-state index contributed by atoms with van der Waals surface area (Å²) in [5.74, 6) is -0.834. The van der Waals surface area contributed by atoms with Crippen molar-refractivity contribution in [2.75, 3.05) is 0 Å². The molecule has 2 aromatic carbocycles. The van der Waals surface area contributed by atoms with Crippen molar-refractivity contribution in [3.8, 4) is 23.0 Å². The average molecular weight is 326 g/mol. The number of rotatable bonds is 6. The molecule has 0 radical (unpaired) electrons. The maximum absolute atomic E-state index is 11.8. The quantitative estimate of drug-likeness (QED) is 0.371. The largest absolute Gasteiger partial charge is 0.504 e. The van der Waals surface area contributed by atoms with Gasteiger partial charge in [-0.1, -0.05) is 30.4 Å². The highest BCUT2D eigenvalue weighted by Crippen LogP contribution is 2.26. The molecule has 0 amide bonds. The Hall–Kier alpha value is -3.21. The van der Waals surface area contributed by atoms with Gasteiger partial charge in [0, 0.05) is 6.42 Å². The number of carbonyl (C=O) groups is 1. The third-order valence-corrected chi connectivity index (χ3v) is 3.38. The molecule has 0 saturated carbocycles. The zero-order valence-corrected chi connectivity index (χ0v) is 12.9. The Kier molecular flexibility index (Phi) is 5.63. The first kappa shape index (κ1) is 17.1. The molecule has 2 rings (SSSR count). The Balaban J connectivity index is 1.85. The van der Waals surface area contributed by atoms with E-state index in [0.717, 1.165) is 5.56 Å². The van der Waals surface area contributed by atoms with Gasteiger partial charge in [-0.15, -0.1) is 0 Å². The van der Waals surface area contributed by atoms with E-state index in [1.165, 1.54) is 30.3 Å². The number of phenolic OH excluding ortho intramolecular Hbond substituents is 4. The second kappa shape index (κ2) is 7.87. The van der Waals surface area contributed by atoms with Gasteiger partial charge in [-0.05, 0) is 47.9 Å². The van der Waals surface area contributed by atoms with Crippen LogP contribution in [0.2, 0.25) is 0 Å². The van der Waals surface area contributed by atoms with Crippen LogP contribution in [0.1, 0.15) is 17.5 Å². The molecule has 0 bridgehead atoms. The van der Waals surface area contributed by atoms with Gasteiger partial charge in [-0.2, -0.15) is 0 Å². The molecule has 4 N–H and O–H groups in total. The summed E-state index contributed by atoms with van der Waals surface area (Å²) < 4.78 is 0. The number of benzene rings is 2. The summed E-state index contributed by atoms with van der Waals surface area (Å²) in [5, 5.41) is 37.2. The second-order valence-electron chi connectivity index (χ2n) is 5.26. The SMILES string of the molecule is O=C(/C=C/C=C/c1ccc(O)c(O)c1)CCc1ccc(O)c(O)c1. The third-order valence-electron chi connectivity index (χ3n) is 3.38. The molecule has 0 aliphatic rings. The van der Waals surface area contributed by atoms with E-state index in [9.17, 15) is 25.2 Å². The Morgan fingerprint density at radius 3 is 2.17 bits per heavy atom. The summed E-state index contributed by atoms with van der Waals surface area (Å²) in [7, 11) is 0. The van der Waals surface area contributed by atoms with Crippen molar-refractivity contribution < 1.29 is 25.2 Å². The Bertz CT molecular complexity index is 790. The highest BCUT2D eigenvalue weighted by atomic mass is 16.3. The fourth-order valence-corrected chi connectivity index (χ4v) is 2.05. The van der Waals surface area contributed by atoms with Crippen LogP contribution >= 0.6 is 0 Å². The summed E-state index contributed by atoms with van der Waals surface area (Å²) in [6.07, 6.45) is 7.15. The summed E-state index contributed by atoms with van der Waals surface area (Å²) in [4.78, 5) is 11.8.